The number of nitrogens with one attached hydrogen (secondary N) is 1. The van der Waals surface area contributed by atoms with Crippen LogP contribution in [0.3, 0.4) is 0 Å². The second-order valence-corrected chi connectivity index (χ2v) is 5.56. The Labute approximate surface area is 121 Å². The molecule has 106 valence electrons. The van der Waals surface area contributed by atoms with Gasteiger partial charge < -0.3 is 10.4 Å². The van der Waals surface area contributed by atoms with E-state index in [2.05, 4.69) is 15.3 Å². The number of aromatic nitrogens is 2. The third-order valence-electron chi connectivity index (χ3n) is 2.75. The fraction of sp³-hybridized carbons (Fsp3) is 0.357. The Balaban J connectivity index is 2.15. The molecule has 0 fully saturated rings. The van der Waals surface area contributed by atoms with Crippen molar-refractivity contribution in [2.24, 2.45) is 0 Å². The first-order chi connectivity index (χ1) is 9.58. The van der Waals surface area contributed by atoms with Crippen LogP contribution in [0, 0.1) is 6.92 Å². The van der Waals surface area contributed by atoms with E-state index in [-0.39, 0.29) is 5.56 Å². The van der Waals surface area contributed by atoms with Crippen molar-refractivity contribution in [3.8, 4) is 0 Å². The minimum Gasteiger partial charge on any atom is -0.478 e. The minimum atomic E-state index is -0.933. The van der Waals surface area contributed by atoms with Gasteiger partial charge in [0.2, 0.25) is 0 Å². The molecule has 0 radical (unpaired) electrons. The van der Waals surface area contributed by atoms with E-state index in [4.69, 9.17) is 5.11 Å². The summed E-state index contributed by atoms with van der Waals surface area (Å²) in [4.78, 5) is 19.9. The highest BCUT2D eigenvalue weighted by Gasteiger charge is 2.08. The average molecular weight is 291 g/mol. The quantitative estimate of drug-likeness (QED) is 0.855. The van der Waals surface area contributed by atoms with E-state index in [1.165, 1.54) is 0 Å². The molecule has 0 aliphatic rings. The molecule has 0 amide bonds. The number of carboxylic acid groups (broad SMARTS) is 1. The second kappa shape index (κ2) is 6.47. The van der Waals surface area contributed by atoms with E-state index in [1.807, 2.05) is 19.2 Å². The van der Waals surface area contributed by atoms with Crippen molar-refractivity contribution in [3.05, 3.63) is 39.5 Å². The van der Waals surface area contributed by atoms with E-state index in [0.29, 0.717) is 12.4 Å². The van der Waals surface area contributed by atoms with Crippen molar-refractivity contribution >= 4 is 23.1 Å². The number of nitrogens with zero attached hydrogens (tertiary/aromatic N) is 2. The van der Waals surface area contributed by atoms with Crippen LogP contribution in [0.5, 0.6) is 0 Å². The maximum absolute atomic E-state index is 11.1. The average Bonchev–Trinajstić information content (AvgIpc) is 2.82. The van der Waals surface area contributed by atoms with Crippen LogP contribution in [0.2, 0.25) is 0 Å². The summed E-state index contributed by atoms with van der Waals surface area (Å²) in [5.41, 5.74) is 2.00. The number of pyridine rings is 1. The van der Waals surface area contributed by atoms with Crippen LogP contribution in [0.1, 0.15) is 40.1 Å². The van der Waals surface area contributed by atoms with E-state index >= 15 is 0 Å². The summed E-state index contributed by atoms with van der Waals surface area (Å²) in [6.45, 7) is 4.54. The van der Waals surface area contributed by atoms with Crippen LogP contribution < -0.4 is 5.32 Å². The van der Waals surface area contributed by atoms with Gasteiger partial charge in [-0.2, -0.15) is 0 Å². The summed E-state index contributed by atoms with van der Waals surface area (Å²) in [6, 6.07) is 3.19. The molecule has 0 bridgehead atoms. The first-order valence-corrected chi connectivity index (χ1v) is 7.35. The smallest absolute Gasteiger partial charge is 0.335 e. The molecular formula is C14H17N3O2S. The lowest BCUT2D eigenvalue weighted by molar-refractivity contribution is 0.0696. The van der Waals surface area contributed by atoms with Gasteiger partial charge in [-0.15, -0.1) is 11.3 Å². The fourth-order valence-electron chi connectivity index (χ4n) is 1.86. The Morgan fingerprint density at radius 2 is 2.15 bits per heavy atom. The van der Waals surface area contributed by atoms with Crippen LogP contribution in [-0.2, 0) is 13.0 Å². The zero-order valence-corrected chi connectivity index (χ0v) is 12.3. The van der Waals surface area contributed by atoms with Crippen LogP contribution in [0.4, 0.5) is 5.82 Å². The van der Waals surface area contributed by atoms with E-state index in [9.17, 15) is 4.79 Å². The number of carboxylic acids is 1. The molecular weight excluding hydrogens is 274 g/mol. The van der Waals surface area contributed by atoms with Crippen molar-refractivity contribution < 1.29 is 9.90 Å². The normalized spacial score (nSPS) is 10.5. The molecule has 0 atom stereocenters. The predicted octanol–water partition coefficient (Wildman–Crippen LogP) is 3.11. The Morgan fingerprint density at radius 3 is 2.75 bits per heavy atom. The lowest BCUT2D eigenvalue weighted by atomic mass is 10.1. The fourth-order valence-corrected chi connectivity index (χ4v) is 2.47. The zero-order chi connectivity index (χ0) is 14.5. The molecule has 2 rings (SSSR count). The maximum atomic E-state index is 11.1. The van der Waals surface area contributed by atoms with Gasteiger partial charge in [0.05, 0.1) is 22.8 Å². The number of aryl methyl sites for hydroxylation is 2. The Hall–Kier alpha value is -1.95. The molecule has 0 aliphatic heterocycles. The molecule has 0 spiro atoms. The Morgan fingerprint density at radius 1 is 1.35 bits per heavy atom. The van der Waals surface area contributed by atoms with Gasteiger partial charge in [-0.25, -0.2) is 14.8 Å². The van der Waals surface area contributed by atoms with Gasteiger partial charge in [0.25, 0.3) is 0 Å². The third-order valence-corrected chi connectivity index (χ3v) is 3.57. The number of hydrogen-bond donors (Lipinski definition) is 2. The van der Waals surface area contributed by atoms with Crippen LogP contribution in [0.25, 0.3) is 0 Å². The van der Waals surface area contributed by atoms with Gasteiger partial charge in [-0.3, -0.25) is 0 Å². The molecule has 6 heteroatoms. The summed E-state index contributed by atoms with van der Waals surface area (Å²) in [6.07, 6.45) is 1.70. The molecule has 0 saturated carbocycles. The van der Waals surface area contributed by atoms with Crippen molar-refractivity contribution in [3.63, 3.8) is 0 Å². The van der Waals surface area contributed by atoms with Crippen molar-refractivity contribution in [1.82, 2.24) is 9.97 Å². The number of anilines is 1. The number of aromatic carboxylic acids is 1. The van der Waals surface area contributed by atoms with Gasteiger partial charge in [-0.1, -0.05) is 13.3 Å². The molecule has 0 unspecified atom stereocenters. The first-order valence-electron chi connectivity index (χ1n) is 6.47. The topological polar surface area (TPSA) is 75.1 Å². The Kier molecular flexibility index (Phi) is 4.68. The van der Waals surface area contributed by atoms with Crippen LogP contribution >= 0.6 is 11.3 Å². The van der Waals surface area contributed by atoms with Crippen molar-refractivity contribution in [2.75, 3.05) is 5.32 Å². The number of thiazole rings is 1. The molecule has 20 heavy (non-hydrogen) atoms. The highest BCUT2D eigenvalue weighted by atomic mass is 32.1. The minimum absolute atomic E-state index is 0.264. The van der Waals surface area contributed by atoms with E-state index in [0.717, 1.165) is 29.2 Å². The molecule has 2 heterocycles. The monoisotopic (exact) mass is 291 g/mol. The van der Waals surface area contributed by atoms with E-state index in [1.54, 1.807) is 23.5 Å². The van der Waals surface area contributed by atoms with Crippen molar-refractivity contribution in [1.29, 1.82) is 0 Å². The zero-order valence-electron chi connectivity index (χ0n) is 11.5. The van der Waals surface area contributed by atoms with Gasteiger partial charge >= 0.3 is 5.97 Å². The number of carbonyl (C=O) groups is 1. The van der Waals surface area contributed by atoms with Gasteiger partial charge in [0.15, 0.2) is 0 Å². The highest BCUT2D eigenvalue weighted by Crippen LogP contribution is 2.14. The van der Waals surface area contributed by atoms with Gasteiger partial charge in [-0.05, 0) is 25.5 Å². The number of rotatable bonds is 6. The van der Waals surface area contributed by atoms with Gasteiger partial charge in [0, 0.05) is 11.1 Å². The summed E-state index contributed by atoms with van der Waals surface area (Å²) < 4.78 is 0. The summed E-state index contributed by atoms with van der Waals surface area (Å²) in [5.74, 6) is -0.351. The highest BCUT2D eigenvalue weighted by molar-refractivity contribution is 7.09. The van der Waals surface area contributed by atoms with Crippen LogP contribution in [-0.4, -0.2) is 21.0 Å². The second-order valence-electron chi connectivity index (χ2n) is 4.50. The lowest BCUT2D eigenvalue weighted by Crippen LogP contribution is -2.07. The summed E-state index contributed by atoms with van der Waals surface area (Å²) >= 11 is 1.59. The summed E-state index contributed by atoms with van der Waals surface area (Å²) in [5, 5.41) is 15.3. The van der Waals surface area contributed by atoms with Gasteiger partial charge in [0.1, 0.15) is 5.82 Å². The largest absolute Gasteiger partial charge is 0.478 e. The summed E-state index contributed by atoms with van der Waals surface area (Å²) in [7, 11) is 0. The Bertz CT molecular complexity index is 610. The first kappa shape index (κ1) is 14.5. The van der Waals surface area contributed by atoms with E-state index < -0.39 is 5.97 Å². The standard InChI is InChI=1S/C14H17N3O2S/c1-3-4-11-5-10(14(18)19)6-13(17-11)15-7-12-8-20-9(2)16-12/h5-6,8H,3-4,7H2,1-2H3,(H,15,17)(H,18,19). The maximum Gasteiger partial charge on any atom is 0.335 e. The molecule has 2 aromatic heterocycles. The molecule has 0 aliphatic carbocycles. The third kappa shape index (κ3) is 3.77. The van der Waals surface area contributed by atoms with Crippen molar-refractivity contribution in [2.45, 2.75) is 33.2 Å². The number of hydrogen-bond acceptors (Lipinski definition) is 5. The molecule has 0 aromatic carbocycles. The molecule has 5 nitrogen and oxygen atoms in total. The molecule has 0 saturated heterocycles. The van der Waals surface area contributed by atoms with Crippen LogP contribution in [0.15, 0.2) is 17.5 Å². The SMILES string of the molecule is CCCc1cc(C(=O)O)cc(NCc2csc(C)n2)n1. The lowest BCUT2D eigenvalue weighted by Gasteiger charge is -2.08. The molecule has 2 N–H and O–H groups in total. The predicted molar refractivity (Wildman–Crippen MR) is 79.4 cm³/mol. The molecule has 2 aromatic rings.